The molecule has 114 valence electrons. The van der Waals surface area contributed by atoms with Gasteiger partial charge in [-0.2, -0.15) is 13.5 Å². The summed E-state index contributed by atoms with van der Waals surface area (Å²) in [5.41, 5.74) is 5.93. The zero-order valence-corrected chi connectivity index (χ0v) is 12.0. The van der Waals surface area contributed by atoms with Crippen molar-refractivity contribution in [2.45, 2.75) is 4.90 Å². The summed E-state index contributed by atoms with van der Waals surface area (Å²) in [7, 11) is -3.85. The number of nitrogens with two attached hydrogens (primary N) is 1. The molecule has 2 rings (SSSR count). The standard InChI is InChI=1S/C13H12N4O4S/c14-11-5-7-12(8-6-11)22(20,21)16-15-9-10-3-1-2-4-13(10)17(18)19/h1-9,16H,14H2/b15-9+. The van der Waals surface area contributed by atoms with Crippen molar-refractivity contribution in [1.29, 1.82) is 0 Å². The van der Waals surface area contributed by atoms with Gasteiger partial charge in [-0.15, -0.1) is 0 Å². The van der Waals surface area contributed by atoms with E-state index in [1.807, 2.05) is 4.83 Å². The fourth-order valence-corrected chi connectivity index (χ4v) is 2.42. The van der Waals surface area contributed by atoms with Crippen molar-refractivity contribution in [3.05, 3.63) is 64.2 Å². The highest BCUT2D eigenvalue weighted by Crippen LogP contribution is 2.15. The van der Waals surface area contributed by atoms with Gasteiger partial charge in [0, 0.05) is 11.8 Å². The monoisotopic (exact) mass is 320 g/mol. The quantitative estimate of drug-likeness (QED) is 0.373. The summed E-state index contributed by atoms with van der Waals surface area (Å²) >= 11 is 0. The summed E-state index contributed by atoms with van der Waals surface area (Å²) in [5, 5.41) is 14.4. The third kappa shape index (κ3) is 3.58. The second-order valence-corrected chi connectivity index (χ2v) is 5.90. The maximum atomic E-state index is 12.0. The van der Waals surface area contributed by atoms with E-state index in [1.54, 1.807) is 6.07 Å². The van der Waals surface area contributed by atoms with Crippen molar-refractivity contribution >= 4 is 27.6 Å². The van der Waals surface area contributed by atoms with Gasteiger partial charge in [0.25, 0.3) is 15.7 Å². The van der Waals surface area contributed by atoms with Crippen LogP contribution in [-0.2, 0) is 10.0 Å². The summed E-state index contributed by atoms with van der Waals surface area (Å²) < 4.78 is 23.9. The number of rotatable bonds is 5. The number of hydrogen-bond donors (Lipinski definition) is 2. The Morgan fingerprint density at radius 2 is 1.77 bits per heavy atom. The summed E-state index contributed by atoms with van der Waals surface area (Å²) in [6.07, 6.45) is 1.08. The predicted molar refractivity (Wildman–Crippen MR) is 81.9 cm³/mol. The van der Waals surface area contributed by atoms with Gasteiger partial charge in [0.15, 0.2) is 0 Å². The zero-order valence-electron chi connectivity index (χ0n) is 11.2. The van der Waals surface area contributed by atoms with Crippen LogP contribution in [0.2, 0.25) is 0 Å². The highest BCUT2D eigenvalue weighted by atomic mass is 32.2. The van der Waals surface area contributed by atoms with E-state index in [2.05, 4.69) is 5.10 Å². The molecule has 0 saturated heterocycles. The van der Waals surface area contributed by atoms with Gasteiger partial charge < -0.3 is 5.73 Å². The number of nitrogens with zero attached hydrogens (tertiary/aromatic N) is 2. The maximum absolute atomic E-state index is 12.0. The summed E-state index contributed by atoms with van der Waals surface area (Å²) in [5.74, 6) is 0. The van der Waals surface area contributed by atoms with Gasteiger partial charge >= 0.3 is 0 Å². The number of nitrogens with one attached hydrogen (secondary N) is 1. The minimum atomic E-state index is -3.85. The summed E-state index contributed by atoms with van der Waals surface area (Å²) in [6, 6.07) is 11.4. The molecule has 0 fully saturated rings. The van der Waals surface area contributed by atoms with Gasteiger partial charge in [-0.1, -0.05) is 12.1 Å². The average Bonchev–Trinajstić information content (AvgIpc) is 2.48. The van der Waals surface area contributed by atoms with Crippen LogP contribution in [0.25, 0.3) is 0 Å². The molecular formula is C13H12N4O4S. The van der Waals surface area contributed by atoms with Crippen LogP contribution in [0.3, 0.4) is 0 Å². The van der Waals surface area contributed by atoms with Crippen LogP contribution in [0.15, 0.2) is 58.5 Å². The van der Waals surface area contributed by atoms with E-state index in [0.29, 0.717) is 5.69 Å². The van der Waals surface area contributed by atoms with Gasteiger partial charge in [0.1, 0.15) is 0 Å². The minimum Gasteiger partial charge on any atom is -0.399 e. The Bertz CT molecular complexity index is 816. The molecule has 0 aromatic heterocycles. The van der Waals surface area contributed by atoms with Crippen molar-refractivity contribution < 1.29 is 13.3 Å². The molecule has 22 heavy (non-hydrogen) atoms. The van der Waals surface area contributed by atoms with E-state index in [9.17, 15) is 18.5 Å². The molecule has 0 heterocycles. The Hall–Kier alpha value is -2.94. The molecule has 0 unspecified atom stereocenters. The highest BCUT2D eigenvalue weighted by Gasteiger charge is 2.13. The van der Waals surface area contributed by atoms with Crippen molar-refractivity contribution in [2.24, 2.45) is 5.10 Å². The number of hydrazone groups is 1. The maximum Gasteiger partial charge on any atom is 0.278 e. The summed E-state index contributed by atoms with van der Waals surface area (Å²) in [4.78, 5) is 12.2. The number of hydrogen-bond acceptors (Lipinski definition) is 6. The Morgan fingerprint density at radius 3 is 2.41 bits per heavy atom. The lowest BCUT2D eigenvalue weighted by atomic mass is 10.2. The van der Waals surface area contributed by atoms with Crippen molar-refractivity contribution in [3.63, 3.8) is 0 Å². The first-order valence-corrected chi connectivity index (χ1v) is 7.52. The molecule has 9 heteroatoms. The van der Waals surface area contributed by atoms with Crippen LogP contribution in [0.4, 0.5) is 11.4 Å². The molecule has 0 atom stereocenters. The molecular weight excluding hydrogens is 308 g/mol. The molecule has 0 aliphatic rings. The van der Waals surface area contributed by atoms with Crippen molar-refractivity contribution in [3.8, 4) is 0 Å². The number of nitro groups is 1. The predicted octanol–water partition coefficient (Wildman–Crippen LogP) is 1.49. The van der Waals surface area contributed by atoms with Crippen LogP contribution >= 0.6 is 0 Å². The first kappa shape index (κ1) is 15.4. The lowest BCUT2D eigenvalue weighted by Crippen LogP contribution is -2.18. The Morgan fingerprint density at radius 1 is 1.14 bits per heavy atom. The Labute approximate surface area is 126 Å². The topological polar surface area (TPSA) is 128 Å². The molecule has 0 bridgehead atoms. The van der Waals surface area contributed by atoms with Gasteiger partial charge in [0.05, 0.1) is 21.6 Å². The van der Waals surface area contributed by atoms with Crippen molar-refractivity contribution in [1.82, 2.24) is 4.83 Å². The van der Waals surface area contributed by atoms with Crippen LogP contribution in [0.5, 0.6) is 0 Å². The normalized spacial score (nSPS) is 11.5. The van der Waals surface area contributed by atoms with Crippen LogP contribution in [0.1, 0.15) is 5.56 Å². The molecule has 3 N–H and O–H groups in total. The number of anilines is 1. The lowest BCUT2D eigenvalue weighted by Gasteiger charge is -2.03. The van der Waals surface area contributed by atoms with Gasteiger partial charge in [-0.25, -0.2) is 4.83 Å². The van der Waals surface area contributed by atoms with E-state index in [-0.39, 0.29) is 16.1 Å². The molecule has 0 radical (unpaired) electrons. The molecule has 0 spiro atoms. The third-order valence-corrected chi connectivity index (χ3v) is 3.94. The van der Waals surface area contributed by atoms with Crippen LogP contribution in [-0.4, -0.2) is 19.6 Å². The van der Waals surface area contributed by atoms with Gasteiger partial charge in [-0.05, 0) is 30.3 Å². The van der Waals surface area contributed by atoms with Crippen molar-refractivity contribution in [2.75, 3.05) is 5.73 Å². The Balaban J connectivity index is 2.19. The minimum absolute atomic E-state index is 0.0126. The number of para-hydroxylation sites is 1. The molecule has 0 amide bonds. The fraction of sp³-hybridized carbons (Fsp3) is 0. The Kier molecular flexibility index (Phi) is 4.37. The smallest absolute Gasteiger partial charge is 0.278 e. The molecule has 2 aromatic carbocycles. The van der Waals surface area contributed by atoms with Gasteiger partial charge in [0.2, 0.25) is 0 Å². The zero-order chi connectivity index (χ0) is 16.2. The molecule has 0 aliphatic carbocycles. The second-order valence-electron chi connectivity index (χ2n) is 4.24. The highest BCUT2D eigenvalue weighted by molar-refractivity contribution is 7.89. The first-order chi connectivity index (χ1) is 10.4. The van der Waals surface area contributed by atoms with E-state index < -0.39 is 14.9 Å². The SMILES string of the molecule is Nc1ccc(S(=O)(=O)N/N=C/c2ccccc2[N+](=O)[O-])cc1. The van der Waals surface area contributed by atoms with E-state index >= 15 is 0 Å². The fourth-order valence-electron chi connectivity index (χ4n) is 1.63. The lowest BCUT2D eigenvalue weighted by molar-refractivity contribution is -0.385. The summed E-state index contributed by atoms with van der Waals surface area (Å²) in [6.45, 7) is 0. The number of nitrogen functional groups attached to an aromatic ring is 1. The van der Waals surface area contributed by atoms with Gasteiger partial charge in [-0.3, -0.25) is 10.1 Å². The van der Waals surface area contributed by atoms with Crippen LogP contribution in [0, 0.1) is 10.1 Å². The third-order valence-electron chi connectivity index (χ3n) is 2.70. The second kappa shape index (κ2) is 6.22. The number of benzene rings is 2. The van der Waals surface area contributed by atoms with E-state index in [0.717, 1.165) is 6.21 Å². The largest absolute Gasteiger partial charge is 0.399 e. The molecule has 2 aromatic rings. The first-order valence-electron chi connectivity index (χ1n) is 6.04. The number of sulfonamides is 1. The average molecular weight is 320 g/mol. The van der Waals surface area contributed by atoms with E-state index in [1.165, 1.54) is 42.5 Å². The molecule has 8 nitrogen and oxygen atoms in total. The van der Waals surface area contributed by atoms with Crippen LogP contribution < -0.4 is 10.6 Å². The van der Waals surface area contributed by atoms with E-state index in [4.69, 9.17) is 5.73 Å². The molecule has 0 aliphatic heterocycles. The molecule has 0 saturated carbocycles. The number of nitro benzene ring substituents is 1.